The number of hydrogen-bond donors (Lipinski definition) is 0. The molecule has 1 fully saturated rings. The van der Waals surface area contributed by atoms with Gasteiger partial charge in [0.1, 0.15) is 12.7 Å². The van der Waals surface area contributed by atoms with Crippen LogP contribution in [0.5, 0.6) is 0 Å². The van der Waals surface area contributed by atoms with Crippen molar-refractivity contribution in [2.45, 2.75) is 13.0 Å². The molecular formula is C13H15ClO6. The molecule has 0 saturated carbocycles. The molecule has 2 aliphatic heterocycles. The van der Waals surface area contributed by atoms with Crippen molar-refractivity contribution in [3.8, 4) is 0 Å². The zero-order chi connectivity index (χ0) is 15.5. The van der Waals surface area contributed by atoms with Crippen LogP contribution in [-0.2, 0) is 28.6 Å². The minimum atomic E-state index is -0.579. The van der Waals surface area contributed by atoms with E-state index in [4.69, 9.17) is 21.1 Å². The number of carbonyl (C=O) groups is 3. The van der Waals surface area contributed by atoms with E-state index in [9.17, 15) is 14.4 Å². The third-order valence-electron chi connectivity index (χ3n) is 1.71. The Morgan fingerprint density at radius 1 is 1.50 bits per heavy atom. The van der Waals surface area contributed by atoms with Crippen LogP contribution >= 0.6 is 11.6 Å². The summed E-state index contributed by atoms with van der Waals surface area (Å²) in [7, 11) is 0. The smallest absolute Gasteiger partial charge is 0.338 e. The van der Waals surface area contributed by atoms with Crippen LogP contribution in [0.25, 0.3) is 0 Å². The van der Waals surface area contributed by atoms with E-state index in [2.05, 4.69) is 17.9 Å². The molecule has 110 valence electrons. The first-order valence-corrected chi connectivity index (χ1v) is 5.93. The monoisotopic (exact) mass is 302 g/mol. The summed E-state index contributed by atoms with van der Waals surface area (Å²) in [4.78, 5) is 30.5. The van der Waals surface area contributed by atoms with Gasteiger partial charge in [0, 0.05) is 17.7 Å². The fourth-order valence-electron chi connectivity index (χ4n) is 0.759. The number of rotatable bonds is 3. The van der Waals surface area contributed by atoms with Crippen LogP contribution in [0.2, 0.25) is 0 Å². The Hall–Kier alpha value is -1.92. The fraction of sp³-hybridized carbons (Fsp3) is 0.308. The van der Waals surface area contributed by atoms with Crippen molar-refractivity contribution < 1.29 is 28.6 Å². The summed E-state index contributed by atoms with van der Waals surface area (Å²) in [6.07, 6.45) is 2.31. The van der Waals surface area contributed by atoms with Gasteiger partial charge >= 0.3 is 17.9 Å². The topological polar surface area (TPSA) is 82.2 Å². The molecule has 7 heteroatoms. The first-order valence-electron chi connectivity index (χ1n) is 5.49. The summed E-state index contributed by atoms with van der Waals surface area (Å²) >= 11 is 4.76. The van der Waals surface area contributed by atoms with Gasteiger partial charge in [-0.05, 0) is 12.5 Å². The second kappa shape index (κ2) is 9.94. The van der Waals surface area contributed by atoms with Crippen molar-refractivity contribution in [1.82, 2.24) is 0 Å². The molecule has 0 aromatic rings. The molecule has 0 radical (unpaired) electrons. The van der Waals surface area contributed by atoms with E-state index >= 15 is 0 Å². The van der Waals surface area contributed by atoms with Crippen LogP contribution in [0, 0.1) is 0 Å². The number of hydrogen-bond acceptors (Lipinski definition) is 6. The third-order valence-corrected chi connectivity index (χ3v) is 1.71. The number of cyclic esters (lactones) is 2. The normalized spacial score (nSPS) is 17.8. The predicted octanol–water partition coefficient (Wildman–Crippen LogP) is 1.50. The lowest BCUT2D eigenvalue weighted by Crippen LogP contribution is -2.09. The van der Waals surface area contributed by atoms with E-state index in [0.29, 0.717) is 18.8 Å². The van der Waals surface area contributed by atoms with Crippen molar-refractivity contribution in [3.05, 3.63) is 36.4 Å². The molecule has 2 rings (SSSR count). The maximum absolute atomic E-state index is 10.7. The summed E-state index contributed by atoms with van der Waals surface area (Å²) < 4.78 is 13.6. The Morgan fingerprint density at radius 3 is 2.20 bits per heavy atom. The molecular weight excluding hydrogens is 288 g/mol. The molecule has 1 atom stereocenters. The van der Waals surface area contributed by atoms with Crippen molar-refractivity contribution in [2.24, 2.45) is 0 Å². The lowest BCUT2D eigenvalue weighted by Gasteiger charge is -1.99. The van der Waals surface area contributed by atoms with Gasteiger partial charge in [0.15, 0.2) is 0 Å². The molecule has 0 bridgehead atoms. The van der Waals surface area contributed by atoms with E-state index in [1.165, 1.54) is 5.54 Å². The second-order valence-electron chi connectivity index (χ2n) is 3.56. The molecule has 0 aliphatic carbocycles. The summed E-state index contributed by atoms with van der Waals surface area (Å²) in [6.45, 7) is 9.26. The predicted molar refractivity (Wildman–Crippen MR) is 71.8 cm³/mol. The Morgan fingerprint density at radius 2 is 1.95 bits per heavy atom. The maximum Gasteiger partial charge on any atom is 0.338 e. The molecule has 0 amide bonds. The van der Waals surface area contributed by atoms with Crippen LogP contribution in [0.1, 0.15) is 6.92 Å². The number of esters is 3. The van der Waals surface area contributed by atoms with Crippen LogP contribution < -0.4 is 0 Å². The highest BCUT2D eigenvalue weighted by Crippen LogP contribution is 2.09. The van der Waals surface area contributed by atoms with Gasteiger partial charge in [0.2, 0.25) is 0 Å². The average Bonchev–Trinajstić information content (AvgIpc) is 3.12. The molecule has 0 aromatic carbocycles. The lowest BCUT2D eigenvalue weighted by molar-refractivity contribution is -0.150. The highest BCUT2D eigenvalue weighted by atomic mass is 35.5. The molecule has 2 aliphatic rings. The fourth-order valence-corrected chi connectivity index (χ4v) is 0.759. The highest BCUT2D eigenvalue weighted by Gasteiger charge is 2.24. The molecule has 1 unspecified atom stereocenters. The molecule has 6 nitrogen and oxygen atoms in total. The number of ether oxygens (including phenoxy) is 3. The second-order valence-corrected chi connectivity index (χ2v) is 3.87. The number of halogens is 1. The Kier molecular flexibility index (Phi) is 8.98. The van der Waals surface area contributed by atoms with Crippen LogP contribution in [0.15, 0.2) is 36.4 Å². The molecule has 0 N–H and O–H groups in total. The molecule has 1 saturated heterocycles. The molecule has 20 heavy (non-hydrogen) atoms. The number of carbonyl (C=O) groups excluding carboxylic acids is 3. The van der Waals surface area contributed by atoms with Gasteiger partial charge in [-0.2, -0.15) is 0 Å². The van der Waals surface area contributed by atoms with E-state index in [1.54, 1.807) is 6.92 Å². The molecule has 0 aromatic heterocycles. The minimum absolute atomic E-state index is 0.142. The van der Waals surface area contributed by atoms with Gasteiger partial charge in [0.25, 0.3) is 0 Å². The minimum Gasteiger partial charge on any atom is -0.459 e. The Bertz CT molecular complexity index is 407. The van der Waals surface area contributed by atoms with Crippen molar-refractivity contribution in [2.75, 3.05) is 13.2 Å². The van der Waals surface area contributed by atoms with Gasteiger partial charge < -0.3 is 14.2 Å². The Balaban J connectivity index is 0.000000315. The zero-order valence-corrected chi connectivity index (χ0v) is 11.7. The maximum atomic E-state index is 10.7. The summed E-state index contributed by atoms with van der Waals surface area (Å²) in [5.74, 6) is -1.49. The van der Waals surface area contributed by atoms with E-state index in [1.807, 2.05) is 0 Å². The van der Waals surface area contributed by atoms with Crippen molar-refractivity contribution >= 4 is 29.5 Å². The van der Waals surface area contributed by atoms with Crippen LogP contribution in [0.4, 0.5) is 0 Å². The summed E-state index contributed by atoms with van der Waals surface area (Å²) in [6, 6.07) is 0. The van der Waals surface area contributed by atoms with E-state index < -0.39 is 11.9 Å². The van der Waals surface area contributed by atoms with Gasteiger partial charge in [-0.3, -0.25) is 0 Å². The quantitative estimate of drug-likeness (QED) is 0.340. The molecule has 0 spiro atoms. The SMILES string of the molecule is C=C(C)C(=O)OCC1CO1.C=CCl.O=C1C=CC(=O)O1. The highest BCUT2D eigenvalue weighted by molar-refractivity contribution is 6.25. The first kappa shape index (κ1) is 18.1. The largest absolute Gasteiger partial charge is 0.459 e. The summed E-state index contributed by atoms with van der Waals surface area (Å²) in [5, 5.41) is 0. The standard InChI is InChI=1S/C7H10O3.C4H2O3.C2H3Cl/c1-5(2)7(8)10-4-6-3-9-6;5-3-1-2-4(6)7-3;1-2-3/h6H,1,3-4H2,2H3;1-2H;2H,1H2. The first-order chi connectivity index (χ1) is 9.40. The van der Waals surface area contributed by atoms with E-state index in [-0.39, 0.29) is 12.1 Å². The van der Waals surface area contributed by atoms with Crippen molar-refractivity contribution in [3.63, 3.8) is 0 Å². The van der Waals surface area contributed by atoms with Gasteiger partial charge in [0.05, 0.1) is 6.61 Å². The Labute approximate surface area is 121 Å². The van der Waals surface area contributed by atoms with E-state index in [0.717, 1.165) is 12.2 Å². The van der Waals surface area contributed by atoms with Gasteiger partial charge in [-0.25, -0.2) is 14.4 Å². The molecule has 2 heterocycles. The summed E-state index contributed by atoms with van der Waals surface area (Å²) in [5.41, 5.74) is 1.65. The van der Waals surface area contributed by atoms with Crippen LogP contribution in [-0.4, -0.2) is 37.2 Å². The lowest BCUT2D eigenvalue weighted by atomic mass is 10.4. The van der Waals surface area contributed by atoms with Gasteiger partial charge in [-0.1, -0.05) is 24.8 Å². The average molecular weight is 303 g/mol. The zero-order valence-electron chi connectivity index (χ0n) is 11.0. The number of epoxide rings is 1. The van der Waals surface area contributed by atoms with Crippen molar-refractivity contribution in [1.29, 1.82) is 0 Å². The third kappa shape index (κ3) is 10.0. The van der Waals surface area contributed by atoms with Crippen LogP contribution in [0.3, 0.4) is 0 Å². The van der Waals surface area contributed by atoms with Gasteiger partial charge in [-0.15, -0.1) is 0 Å².